The molecule has 2 rings (SSSR count). The van der Waals surface area contributed by atoms with Gasteiger partial charge in [0.25, 0.3) is 0 Å². The quantitative estimate of drug-likeness (QED) is 0.799. The van der Waals surface area contributed by atoms with E-state index in [1.165, 1.54) is 23.3 Å². The third-order valence-corrected chi connectivity index (χ3v) is 3.50. The van der Waals surface area contributed by atoms with E-state index in [1.54, 1.807) is 12.1 Å². The first-order valence-electron chi connectivity index (χ1n) is 6.77. The molecule has 0 aliphatic rings. The second-order valence-electron chi connectivity index (χ2n) is 4.91. The maximum atomic E-state index is 12.8. The fourth-order valence-corrected chi connectivity index (χ4v) is 1.97. The van der Waals surface area contributed by atoms with Crippen LogP contribution in [0.4, 0.5) is 10.1 Å². The van der Waals surface area contributed by atoms with Gasteiger partial charge in [-0.2, -0.15) is 0 Å². The zero-order valence-corrected chi connectivity index (χ0v) is 11.5. The second-order valence-corrected chi connectivity index (χ2v) is 4.91. The molecule has 0 aliphatic heterocycles. The number of nitrogens with one attached hydrogen (secondary N) is 1. The third-order valence-electron chi connectivity index (χ3n) is 3.50. The van der Waals surface area contributed by atoms with Gasteiger partial charge in [-0.05, 0) is 47.7 Å². The van der Waals surface area contributed by atoms with E-state index in [1.807, 2.05) is 0 Å². The first-order chi connectivity index (χ1) is 9.19. The van der Waals surface area contributed by atoms with Gasteiger partial charge in [0.05, 0.1) is 0 Å². The van der Waals surface area contributed by atoms with Crippen LogP contribution in [0.25, 0.3) is 0 Å². The Kier molecular flexibility index (Phi) is 4.56. The lowest BCUT2D eigenvalue weighted by atomic mass is 9.98. The van der Waals surface area contributed by atoms with Crippen LogP contribution in [-0.4, -0.2) is 0 Å². The topological polar surface area (TPSA) is 12.0 Å². The third kappa shape index (κ3) is 3.82. The molecule has 1 unspecified atom stereocenters. The van der Waals surface area contributed by atoms with Crippen LogP contribution in [-0.2, 0) is 6.54 Å². The van der Waals surface area contributed by atoms with Crippen LogP contribution in [0.1, 0.15) is 37.3 Å². The lowest BCUT2D eigenvalue weighted by molar-refractivity contribution is 0.628. The van der Waals surface area contributed by atoms with Gasteiger partial charge in [0.1, 0.15) is 5.82 Å². The summed E-state index contributed by atoms with van der Waals surface area (Å²) in [6.45, 7) is 5.20. The highest BCUT2D eigenvalue weighted by Crippen LogP contribution is 2.19. The summed E-state index contributed by atoms with van der Waals surface area (Å²) in [5, 5.41) is 3.28. The van der Waals surface area contributed by atoms with Gasteiger partial charge in [-0.3, -0.25) is 0 Å². The molecule has 0 radical (unpaired) electrons. The maximum Gasteiger partial charge on any atom is 0.123 e. The summed E-state index contributed by atoms with van der Waals surface area (Å²) in [5.74, 6) is 0.405. The van der Waals surface area contributed by atoms with Crippen molar-refractivity contribution >= 4 is 5.69 Å². The largest absolute Gasteiger partial charge is 0.381 e. The van der Waals surface area contributed by atoms with Gasteiger partial charge in [-0.15, -0.1) is 0 Å². The molecule has 0 aromatic heterocycles. The highest BCUT2D eigenvalue weighted by Gasteiger charge is 2.02. The fourth-order valence-electron chi connectivity index (χ4n) is 1.97. The van der Waals surface area contributed by atoms with Crippen molar-refractivity contribution in [1.29, 1.82) is 0 Å². The molecular weight excluding hydrogens is 237 g/mol. The van der Waals surface area contributed by atoms with Gasteiger partial charge in [0.15, 0.2) is 0 Å². The molecule has 0 heterocycles. The monoisotopic (exact) mass is 257 g/mol. The minimum atomic E-state index is -0.205. The maximum absolute atomic E-state index is 12.8. The zero-order valence-electron chi connectivity index (χ0n) is 11.5. The summed E-state index contributed by atoms with van der Waals surface area (Å²) in [7, 11) is 0. The first-order valence-corrected chi connectivity index (χ1v) is 6.77. The Labute approximate surface area is 114 Å². The molecule has 1 N–H and O–H groups in total. The van der Waals surface area contributed by atoms with E-state index in [9.17, 15) is 4.39 Å². The normalized spacial score (nSPS) is 12.2. The molecule has 0 spiro atoms. The Balaban J connectivity index is 1.94. The van der Waals surface area contributed by atoms with E-state index in [4.69, 9.17) is 0 Å². The molecular formula is C17H20FN. The lowest BCUT2D eigenvalue weighted by Gasteiger charge is -2.11. The number of halogens is 1. The molecule has 0 aliphatic carbocycles. The number of anilines is 1. The van der Waals surface area contributed by atoms with Crippen LogP contribution in [0.5, 0.6) is 0 Å². The van der Waals surface area contributed by atoms with Gasteiger partial charge in [-0.25, -0.2) is 4.39 Å². The van der Waals surface area contributed by atoms with Crippen LogP contribution in [0.15, 0.2) is 48.5 Å². The molecule has 1 atom stereocenters. The molecule has 1 nitrogen and oxygen atoms in total. The van der Waals surface area contributed by atoms with Crippen LogP contribution < -0.4 is 5.32 Å². The van der Waals surface area contributed by atoms with Crippen molar-refractivity contribution < 1.29 is 4.39 Å². The summed E-state index contributed by atoms with van der Waals surface area (Å²) in [5.41, 5.74) is 3.55. The lowest BCUT2D eigenvalue weighted by Crippen LogP contribution is -2.00. The minimum Gasteiger partial charge on any atom is -0.381 e. The highest BCUT2D eigenvalue weighted by atomic mass is 19.1. The van der Waals surface area contributed by atoms with Crippen molar-refractivity contribution in [1.82, 2.24) is 0 Å². The number of rotatable bonds is 5. The van der Waals surface area contributed by atoms with E-state index in [-0.39, 0.29) is 5.82 Å². The van der Waals surface area contributed by atoms with E-state index >= 15 is 0 Å². The molecule has 100 valence electrons. The van der Waals surface area contributed by atoms with Crippen molar-refractivity contribution in [2.75, 3.05) is 5.32 Å². The predicted octanol–water partition coefficient (Wildman–Crippen LogP) is 4.95. The van der Waals surface area contributed by atoms with Gasteiger partial charge < -0.3 is 5.32 Å². The Morgan fingerprint density at radius 2 is 1.63 bits per heavy atom. The van der Waals surface area contributed by atoms with E-state index < -0.39 is 0 Å². The van der Waals surface area contributed by atoms with Crippen LogP contribution in [0.3, 0.4) is 0 Å². The minimum absolute atomic E-state index is 0.205. The van der Waals surface area contributed by atoms with Crippen LogP contribution in [0, 0.1) is 5.82 Å². The molecule has 0 saturated carbocycles. The molecule has 0 fully saturated rings. The van der Waals surface area contributed by atoms with E-state index in [0.717, 1.165) is 18.7 Å². The van der Waals surface area contributed by atoms with Crippen molar-refractivity contribution in [2.24, 2.45) is 0 Å². The van der Waals surface area contributed by atoms with Gasteiger partial charge >= 0.3 is 0 Å². The molecule has 19 heavy (non-hydrogen) atoms. The van der Waals surface area contributed by atoms with Crippen LogP contribution in [0.2, 0.25) is 0 Å². The first kappa shape index (κ1) is 13.6. The predicted molar refractivity (Wildman–Crippen MR) is 78.9 cm³/mol. The highest BCUT2D eigenvalue weighted by molar-refractivity contribution is 5.43. The van der Waals surface area contributed by atoms with Crippen molar-refractivity contribution in [3.63, 3.8) is 0 Å². The molecule has 2 aromatic carbocycles. The Morgan fingerprint density at radius 1 is 1.00 bits per heavy atom. The Bertz CT molecular complexity index is 502. The fraction of sp³-hybridized carbons (Fsp3) is 0.294. The summed E-state index contributed by atoms with van der Waals surface area (Å²) < 4.78 is 12.8. The molecule has 2 aromatic rings. The average Bonchev–Trinajstić information content (AvgIpc) is 2.46. The number of hydrogen-bond donors (Lipinski definition) is 1. The van der Waals surface area contributed by atoms with Gasteiger partial charge in [-0.1, -0.05) is 38.1 Å². The zero-order chi connectivity index (χ0) is 13.7. The Morgan fingerprint density at radius 3 is 2.21 bits per heavy atom. The molecule has 0 bridgehead atoms. The molecule has 2 heteroatoms. The summed E-state index contributed by atoms with van der Waals surface area (Å²) in [6.07, 6.45) is 1.16. The smallest absolute Gasteiger partial charge is 0.123 e. The standard InChI is InChI=1S/C17H20FN/c1-3-13(2)15-6-4-14(5-7-15)12-19-17-10-8-16(18)9-11-17/h4-11,13,19H,3,12H2,1-2H3. The number of hydrogen-bond acceptors (Lipinski definition) is 1. The Hall–Kier alpha value is -1.83. The SMILES string of the molecule is CCC(C)c1ccc(CNc2ccc(F)cc2)cc1. The van der Waals surface area contributed by atoms with Crippen molar-refractivity contribution in [3.8, 4) is 0 Å². The molecule has 0 amide bonds. The van der Waals surface area contributed by atoms with Gasteiger partial charge in [0, 0.05) is 12.2 Å². The van der Waals surface area contributed by atoms with Crippen molar-refractivity contribution in [3.05, 3.63) is 65.5 Å². The number of benzene rings is 2. The van der Waals surface area contributed by atoms with E-state index in [2.05, 4.69) is 43.4 Å². The summed E-state index contributed by atoms with van der Waals surface area (Å²) >= 11 is 0. The van der Waals surface area contributed by atoms with Gasteiger partial charge in [0.2, 0.25) is 0 Å². The van der Waals surface area contributed by atoms with Crippen molar-refractivity contribution in [2.45, 2.75) is 32.7 Å². The summed E-state index contributed by atoms with van der Waals surface area (Å²) in [4.78, 5) is 0. The average molecular weight is 257 g/mol. The molecule has 0 saturated heterocycles. The van der Waals surface area contributed by atoms with E-state index in [0.29, 0.717) is 5.92 Å². The second kappa shape index (κ2) is 6.37. The van der Waals surface area contributed by atoms with Crippen LogP contribution >= 0.6 is 0 Å². The summed E-state index contributed by atoms with van der Waals surface area (Å²) in [6, 6.07) is 15.1.